The number of rotatable bonds is 10. The summed E-state index contributed by atoms with van der Waals surface area (Å²) in [7, 11) is 0. The lowest BCUT2D eigenvalue weighted by atomic mass is 9.94. The van der Waals surface area contributed by atoms with Crippen molar-refractivity contribution in [3.8, 4) is 0 Å². The van der Waals surface area contributed by atoms with Crippen molar-refractivity contribution >= 4 is 52.5 Å². The number of morpholine rings is 1. The second kappa shape index (κ2) is 14.5. The van der Waals surface area contributed by atoms with Crippen LogP contribution < -0.4 is 27.4 Å². The number of nitrogens with zero attached hydrogens (tertiary/aromatic N) is 1. The lowest BCUT2D eigenvalue weighted by molar-refractivity contribution is -0.118. The third-order valence-corrected chi connectivity index (χ3v) is 8.16. The molecule has 42 heavy (non-hydrogen) atoms. The zero-order chi connectivity index (χ0) is 30.2. The first-order valence-electron chi connectivity index (χ1n) is 13.0. The van der Waals surface area contributed by atoms with Gasteiger partial charge in [-0.25, -0.2) is 4.39 Å². The number of nitrogens with two attached hydrogens (primary N) is 3. The summed E-state index contributed by atoms with van der Waals surface area (Å²) < 4.78 is 19.7. The first-order valence-corrected chi connectivity index (χ1v) is 14.5. The Morgan fingerprint density at radius 1 is 1.00 bits per heavy atom. The van der Waals surface area contributed by atoms with Crippen LogP contribution in [0.25, 0.3) is 0 Å². The van der Waals surface area contributed by atoms with Crippen LogP contribution in [0.2, 0.25) is 10.0 Å². The fourth-order valence-electron chi connectivity index (χ4n) is 4.43. The summed E-state index contributed by atoms with van der Waals surface area (Å²) in [6, 6.07) is 16.5. The van der Waals surface area contributed by atoms with E-state index in [1.54, 1.807) is 30.3 Å². The number of hydrogen-bond acceptors (Lipinski definition) is 7. The van der Waals surface area contributed by atoms with Crippen LogP contribution in [0.4, 0.5) is 10.1 Å². The predicted octanol–water partition coefficient (Wildman–Crippen LogP) is 4.90. The molecule has 0 aromatic heterocycles. The summed E-state index contributed by atoms with van der Waals surface area (Å²) in [6.45, 7) is 2.54. The Morgan fingerprint density at radius 2 is 1.69 bits per heavy atom. The zero-order valence-corrected chi connectivity index (χ0v) is 24.8. The Morgan fingerprint density at radius 3 is 2.38 bits per heavy atom. The molecule has 0 radical (unpaired) electrons. The first-order chi connectivity index (χ1) is 20.1. The van der Waals surface area contributed by atoms with Gasteiger partial charge in [0, 0.05) is 57.1 Å². The quantitative estimate of drug-likeness (QED) is 0.185. The average Bonchev–Trinajstić information content (AvgIpc) is 2.97. The van der Waals surface area contributed by atoms with Crippen molar-refractivity contribution in [2.45, 2.75) is 17.4 Å². The highest BCUT2D eigenvalue weighted by Crippen LogP contribution is 2.34. The molecule has 1 fully saturated rings. The van der Waals surface area contributed by atoms with Gasteiger partial charge >= 0.3 is 0 Å². The molecule has 7 N–H and O–H groups in total. The second-order valence-corrected chi connectivity index (χ2v) is 11.3. The molecule has 12 heteroatoms. The van der Waals surface area contributed by atoms with Gasteiger partial charge in [0.05, 0.1) is 18.2 Å². The Balaban J connectivity index is 1.46. The summed E-state index contributed by atoms with van der Waals surface area (Å²) in [6.07, 6.45) is 3.04. The van der Waals surface area contributed by atoms with E-state index >= 15 is 0 Å². The van der Waals surface area contributed by atoms with E-state index < -0.39 is 23.5 Å². The van der Waals surface area contributed by atoms with Gasteiger partial charge in [0.15, 0.2) is 0 Å². The van der Waals surface area contributed by atoms with Crippen LogP contribution in [0.15, 0.2) is 88.4 Å². The monoisotopic (exact) mass is 629 g/mol. The van der Waals surface area contributed by atoms with Crippen molar-refractivity contribution in [2.75, 3.05) is 31.2 Å². The van der Waals surface area contributed by atoms with Crippen molar-refractivity contribution in [3.63, 3.8) is 0 Å². The number of halogens is 3. The molecule has 0 bridgehead atoms. The zero-order valence-electron chi connectivity index (χ0n) is 22.5. The molecule has 1 aliphatic heterocycles. The van der Waals surface area contributed by atoms with E-state index in [9.17, 15) is 14.0 Å². The van der Waals surface area contributed by atoms with E-state index in [0.717, 1.165) is 10.5 Å². The predicted molar refractivity (Wildman–Crippen MR) is 166 cm³/mol. The Bertz CT molecular complexity index is 1510. The smallest absolute Gasteiger partial charge is 0.251 e. The molecule has 2 amide bonds. The molecule has 1 atom stereocenters. The number of amides is 2. The van der Waals surface area contributed by atoms with E-state index in [4.69, 9.17) is 45.1 Å². The summed E-state index contributed by atoms with van der Waals surface area (Å²) in [5.74, 6) is -2.65. The number of thioether (sulfide) groups is 1. The highest BCUT2D eigenvalue weighted by Gasteiger charge is 2.25. The van der Waals surface area contributed by atoms with Crippen LogP contribution in [-0.4, -0.2) is 38.1 Å². The maximum Gasteiger partial charge on any atom is 0.251 e. The molecule has 1 unspecified atom stereocenters. The van der Waals surface area contributed by atoms with Gasteiger partial charge in [0.1, 0.15) is 11.7 Å². The minimum Gasteiger partial charge on any atom is -0.401 e. The van der Waals surface area contributed by atoms with Crippen LogP contribution >= 0.6 is 35.0 Å². The van der Waals surface area contributed by atoms with Crippen LogP contribution in [0.3, 0.4) is 0 Å². The van der Waals surface area contributed by atoms with Crippen molar-refractivity contribution in [1.29, 1.82) is 0 Å². The Hall–Kier alpha value is -3.70. The highest BCUT2D eigenvalue weighted by atomic mass is 35.5. The average molecular weight is 631 g/mol. The number of carbonyl (C=O) groups excluding carboxylic acids is 2. The van der Waals surface area contributed by atoms with Gasteiger partial charge in [-0.05, 0) is 54.1 Å². The maximum atomic E-state index is 14.4. The molecule has 3 aromatic rings. The molecular formula is C30H30Cl2FN5O3S. The molecule has 4 rings (SSSR count). The second-order valence-electron chi connectivity index (χ2n) is 9.40. The van der Waals surface area contributed by atoms with Crippen molar-refractivity contribution < 1.29 is 18.7 Å². The van der Waals surface area contributed by atoms with Crippen LogP contribution in [0.1, 0.15) is 27.4 Å². The third kappa shape index (κ3) is 7.98. The fraction of sp³-hybridized carbons (Fsp3) is 0.200. The van der Waals surface area contributed by atoms with E-state index in [1.165, 1.54) is 30.0 Å². The van der Waals surface area contributed by atoms with E-state index in [0.29, 0.717) is 42.6 Å². The molecule has 0 saturated carbocycles. The number of hydrogen-bond donors (Lipinski definition) is 4. The first kappa shape index (κ1) is 31.2. The molecule has 0 aliphatic carbocycles. The molecule has 0 spiro atoms. The van der Waals surface area contributed by atoms with Gasteiger partial charge in [-0.15, -0.1) is 0 Å². The third-order valence-electron chi connectivity index (χ3n) is 6.51. The van der Waals surface area contributed by atoms with E-state index in [-0.39, 0.29) is 27.9 Å². The summed E-state index contributed by atoms with van der Waals surface area (Å²) in [5.41, 5.74) is 20.2. The van der Waals surface area contributed by atoms with Gasteiger partial charge in [0.2, 0.25) is 5.91 Å². The van der Waals surface area contributed by atoms with Gasteiger partial charge in [-0.1, -0.05) is 59.2 Å². The molecular weight excluding hydrogens is 600 g/mol. The summed E-state index contributed by atoms with van der Waals surface area (Å²) in [4.78, 5) is 28.0. The number of nitrogens with one attached hydrogen (secondary N) is 1. The van der Waals surface area contributed by atoms with Crippen molar-refractivity contribution in [2.24, 2.45) is 17.2 Å². The summed E-state index contributed by atoms with van der Waals surface area (Å²) in [5, 5.41) is 3.76. The summed E-state index contributed by atoms with van der Waals surface area (Å²) >= 11 is 13.8. The normalized spacial score (nSPS) is 14.9. The minimum absolute atomic E-state index is 0.119. The van der Waals surface area contributed by atoms with Gasteiger partial charge in [0.25, 0.3) is 5.91 Å². The lowest BCUT2D eigenvalue weighted by Gasteiger charge is -2.29. The van der Waals surface area contributed by atoms with Gasteiger partial charge < -0.3 is 32.2 Å². The topological polar surface area (TPSA) is 137 Å². The van der Waals surface area contributed by atoms with E-state index in [1.807, 2.05) is 29.2 Å². The van der Waals surface area contributed by atoms with Crippen molar-refractivity contribution in [1.82, 2.24) is 5.32 Å². The van der Waals surface area contributed by atoms with Crippen LogP contribution in [0.5, 0.6) is 0 Å². The number of allylic oxidation sites excluding steroid dienone is 2. The van der Waals surface area contributed by atoms with Gasteiger partial charge in [-0.3, -0.25) is 9.59 Å². The Labute approximate surface area is 257 Å². The molecule has 1 aliphatic rings. The Kier molecular flexibility index (Phi) is 10.8. The van der Waals surface area contributed by atoms with E-state index in [2.05, 4.69) is 5.32 Å². The van der Waals surface area contributed by atoms with Crippen LogP contribution in [0, 0.1) is 5.82 Å². The molecule has 1 heterocycles. The maximum absolute atomic E-state index is 14.4. The SMILES string of the molecule is NC(=O)C(/C(N)=C/C=C(\N)Sc1ccccc1CNC(=O)c1cc(F)cc(N2CCOCC2)c1)c1c(Cl)cccc1Cl. The molecule has 1 saturated heterocycles. The standard InChI is InChI=1S/C30H30Cl2FN5O3S/c31-22-5-3-6-23(32)27(22)28(29(36)39)24(34)8-9-26(35)42-25-7-2-1-4-18(25)17-37-30(40)19-14-20(33)16-21(15-19)38-10-12-41-13-11-38/h1-9,14-16,28H,10-13,17,34-35H2,(H2,36,39)(H,37,40)/b24-8-,26-9+. The number of primary amides is 1. The molecule has 3 aromatic carbocycles. The number of benzene rings is 3. The molecule has 8 nitrogen and oxygen atoms in total. The number of carbonyl (C=O) groups is 2. The minimum atomic E-state index is -1.05. The number of ether oxygens (including phenoxy) is 1. The van der Waals surface area contributed by atoms with Crippen LogP contribution in [-0.2, 0) is 16.1 Å². The highest BCUT2D eigenvalue weighted by molar-refractivity contribution is 8.03. The number of anilines is 1. The lowest BCUT2D eigenvalue weighted by Crippen LogP contribution is -2.36. The molecule has 220 valence electrons. The van der Waals surface area contributed by atoms with Gasteiger partial charge in [-0.2, -0.15) is 0 Å². The fourth-order valence-corrected chi connectivity index (χ4v) is 5.86. The van der Waals surface area contributed by atoms with Crippen molar-refractivity contribution in [3.05, 3.63) is 116 Å². The largest absolute Gasteiger partial charge is 0.401 e.